The molecule has 1 aliphatic rings. The molecule has 5 nitrogen and oxygen atoms in total. The summed E-state index contributed by atoms with van der Waals surface area (Å²) in [7, 11) is 0. The molecule has 1 rings (SSSR count). The van der Waals surface area contributed by atoms with Gasteiger partial charge in [-0.1, -0.05) is 57.3 Å². The van der Waals surface area contributed by atoms with Gasteiger partial charge in [0, 0.05) is 30.9 Å². The Kier molecular flexibility index (Phi) is 13.3. The third-order valence-electron chi connectivity index (χ3n) is 5.26. The number of carbonyl (C=O) groups excluding carboxylic acids is 1. The van der Waals surface area contributed by atoms with E-state index in [9.17, 15) is 4.79 Å². The summed E-state index contributed by atoms with van der Waals surface area (Å²) in [5.74, 6) is 1.33. The molecule has 0 atom stereocenters. The number of aliphatic imine (C=N–C) groups is 1. The Morgan fingerprint density at radius 2 is 1.97 bits per heavy atom. The Morgan fingerprint density at radius 3 is 2.60 bits per heavy atom. The molecule has 1 fully saturated rings. The highest BCUT2D eigenvalue weighted by Crippen LogP contribution is 2.26. The summed E-state index contributed by atoms with van der Waals surface area (Å²) in [5, 5.41) is 0. The molecule has 0 aromatic carbocycles. The Bertz CT molecular complexity index is 653. The van der Waals surface area contributed by atoms with Crippen LogP contribution in [0.5, 0.6) is 0 Å². The lowest BCUT2D eigenvalue weighted by atomic mass is 9.87. The van der Waals surface area contributed by atoms with Gasteiger partial charge in [0.1, 0.15) is 6.61 Å². The van der Waals surface area contributed by atoms with Crippen LogP contribution in [0.15, 0.2) is 52.8 Å². The molecular formula is C25H41N3O2. The summed E-state index contributed by atoms with van der Waals surface area (Å²) in [5.41, 5.74) is 6.95. The minimum atomic E-state index is -0.116. The first-order valence-corrected chi connectivity index (χ1v) is 11.4. The highest BCUT2D eigenvalue weighted by Gasteiger charge is 2.18. The van der Waals surface area contributed by atoms with Crippen LogP contribution in [0.4, 0.5) is 0 Å². The van der Waals surface area contributed by atoms with Crippen molar-refractivity contribution in [3.8, 4) is 0 Å². The van der Waals surface area contributed by atoms with Crippen molar-refractivity contribution in [1.29, 1.82) is 0 Å². The summed E-state index contributed by atoms with van der Waals surface area (Å²) < 4.78 is 5.71. The van der Waals surface area contributed by atoms with Crippen LogP contribution < -0.4 is 5.73 Å². The van der Waals surface area contributed by atoms with Crippen molar-refractivity contribution in [2.24, 2.45) is 16.6 Å². The first-order chi connectivity index (χ1) is 14.5. The highest BCUT2D eigenvalue weighted by atomic mass is 16.5. The largest absolute Gasteiger partial charge is 0.479 e. The zero-order valence-electron chi connectivity index (χ0n) is 19.4. The van der Waals surface area contributed by atoms with E-state index >= 15 is 0 Å². The molecule has 1 saturated carbocycles. The van der Waals surface area contributed by atoms with E-state index in [1.165, 1.54) is 38.3 Å². The number of rotatable bonds is 11. The average molecular weight is 416 g/mol. The van der Waals surface area contributed by atoms with Crippen molar-refractivity contribution in [2.75, 3.05) is 19.7 Å². The maximum Gasteiger partial charge on any atom is 0.255 e. The molecule has 2 N–H and O–H groups in total. The zero-order chi connectivity index (χ0) is 22.2. The molecule has 30 heavy (non-hydrogen) atoms. The second-order valence-corrected chi connectivity index (χ2v) is 7.82. The first kappa shape index (κ1) is 25.7. The smallest absolute Gasteiger partial charge is 0.255 e. The van der Waals surface area contributed by atoms with Crippen molar-refractivity contribution in [1.82, 2.24) is 4.90 Å². The maximum atomic E-state index is 12.9. The number of carbonyl (C=O) groups is 1. The van der Waals surface area contributed by atoms with Crippen LogP contribution in [-0.4, -0.2) is 36.4 Å². The number of hydrogen-bond donors (Lipinski definition) is 1. The van der Waals surface area contributed by atoms with E-state index in [1.807, 2.05) is 32.1 Å². The van der Waals surface area contributed by atoms with Gasteiger partial charge >= 0.3 is 0 Å². The zero-order valence-corrected chi connectivity index (χ0v) is 19.4. The lowest BCUT2D eigenvalue weighted by Crippen LogP contribution is -2.34. The Morgan fingerprint density at radius 1 is 1.23 bits per heavy atom. The summed E-state index contributed by atoms with van der Waals surface area (Å²) in [6.45, 7) is 9.17. The van der Waals surface area contributed by atoms with Crippen LogP contribution in [0.1, 0.15) is 72.6 Å². The monoisotopic (exact) mass is 415 g/mol. The SMILES string of the molecule is C\C=C/C(=C\C=C\CC1CCCCC1)N(CCOC(C)=NCCC)C(=O)/C(C)=C/N. The fourth-order valence-electron chi connectivity index (χ4n) is 3.50. The van der Waals surface area contributed by atoms with Crippen LogP contribution in [0.3, 0.4) is 0 Å². The van der Waals surface area contributed by atoms with Gasteiger partial charge in [0.05, 0.1) is 6.54 Å². The summed E-state index contributed by atoms with van der Waals surface area (Å²) >= 11 is 0. The van der Waals surface area contributed by atoms with Gasteiger partial charge in [-0.25, -0.2) is 0 Å². The molecule has 0 aliphatic heterocycles. The van der Waals surface area contributed by atoms with Crippen LogP contribution >= 0.6 is 0 Å². The Hall–Kier alpha value is -2.30. The van der Waals surface area contributed by atoms with Crippen molar-refractivity contribution in [3.63, 3.8) is 0 Å². The molecule has 168 valence electrons. The van der Waals surface area contributed by atoms with Gasteiger partial charge in [-0.05, 0) is 44.8 Å². The van der Waals surface area contributed by atoms with E-state index in [1.54, 1.807) is 11.8 Å². The second-order valence-electron chi connectivity index (χ2n) is 7.82. The lowest BCUT2D eigenvalue weighted by molar-refractivity contribution is -0.125. The lowest BCUT2D eigenvalue weighted by Gasteiger charge is -2.24. The van der Waals surface area contributed by atoms with Crippen molar-refractivity contribution >= 4 is 11.8 Å². The van der Waals surface area contributed by atoms with E-state index in [4.69, 9.17) is 10.5 Å². The minimum Gasteiger partial charge on any atom is -0.479 e. The predicted molar refractivity (Wildman–Crippen MR) is 127 cm³/mol. The second kappa shape index (κ2) is 15.5. The number of ether oxygens (including phenoxy) is 1. The molecule has 1 aliphatic carbocycles. The fraction of sp³-hybridized carbons (Fsp3) is 0.600. The van der Waals surface area contributed by atoms with Crippen molar-refractivity contribution in [2.45, 2.75) is 72.6 Å². The van der Waals surface area contributed by atoms with Gasteiger partial charge in [0.25, 0.3) is 5.91 Å². The van der Waals surface area contributed by atoms with Crippen LogP contribution in [0.25, 0.3) is 0 Å². The molecule has 1 amide bonds. The third-order valence-corrected chi connectivity index (χ3v) is 5.26. The number of nitrogens with zero attached hydrogens (tertiary/aromatic N) is 2. The summed E-state index contributed by atoms with van der Waals surface area (Å²) in [4.78, 5) is 19.0. The molecule has 0 saturated heterocycles. The van der Waals surface area contributed by atoms with Gasteiger partial charge in [-0.3, -0.25) is 9.79 Å². The van der Waals surface area contributed by atoms with Crippen LogP contribution in [-0.2, 0) is 9.53 Å². The molecule has 0 aromatic rings. The van der Waals surface area contributed by atoms with Gasteiger partial charge in [0.2, 0.25) is 0 Å². The highest BCUT2D eigenvalue weighted by molar-refractivity contribution is 5.94. The molecule has 0 aromatic heterocycles. The number of hydrogen-bond acceptors (Lipinski definition) is 4. The van der Waals surface area contributed by atoms with E-state index in [2.05, 4.69) is 24.1 Å². The molecule has 0 heterocycles. The van der Waals surface area contributed by atoms with E-state index in [0.717, 1.165) is 31.0 Å². The van der Waals surface area contributed by atoms with Crippen LogP contribution in [0.2, 0.25) is 0 Å². The topological polar surface area (TPSA) is 67.9 Å². The standard InChI is InChI=1S/C25H41N3O2/c1-5-12-24(16-11-10-15-23-13-8-7-9-14-23)28(25(29)21(3)20-26)18-19-30-22(4)27-17-6-2/h5,10-12,16,20,23H,6-9,13-15,17-19,26H2,1-4H3/b11-10+,12-5-,21-20+,24-16+,27-22?. The average Bonchev–Trinajstić information content (AvgIpc) is 2.77. The van der Waals surface area contributed by atoms with Gasteiger partial charge in [0.15, 0.2) is 5.90 Å². The molecule has 0 unspecified atom stereocenters. The van der Waals surface area contributed by atoms with E-state index < -0.39 is 0 Å². The Labute approximate surface area is 183 Å². The molecular weight excluding hydrogens is 374 g/mol. The summed E-state index contributed by atoms with van der Waals surface area (Å²) in [6, 6.07) is 0. The van der Waals surface area contributed by atoms with Crippen LogP contribution in [0, 0.1) is 5.92 Å². The van der Waals surface area contributed by atoms with Crippen molar-refractivity contribution < 1.29 is 9.53 Å². The molecule has 5 heteroatoms. The molecule has 0 spiro atoms. The number of amides is 1. The number of nitrogens with two attached hydrogens (primary N) is 1. The Balaban J connectivity index is 2.87. The van der Waals surface area contributed by atoms with Gasteiger partial charge < -0.3 is 15.4 Å². The number of allylic oxidation sites excluding steroid dienone is 5. The van der Waals surface area contributed by atoms with Crippen molar-refractivity contribution in [3.05, 3.63) is 47.9 Å². The third kappa shape index (κ3) is 9.95. The summed E-state index contributed by atoms with van der Waals surface area (Å²) in [6.07, 6.45) is 20.4. The van der Waals surface area contributed by atoms with E-state index in [-0.39, 0.29) is 5.91 Å². The minimum absolute atomic E-state index is 0.116. The first-order valence-electron chi connectivity index (χ1n) is 11.4. The van der Waals surface area contributed by atoms with E-state index in [0.29, 0.717) is 24.6 Å². The molecule has 0 bridgehead atoms. The quantitative estimate of drug-likeness (QED) is 0.209. The predicted octanol–water partition coefficient (Wildman–Crippen LogP) is 5.51. The maximum absolute atomic E-state index is 12.9. The normalized spacial score (nSPS) is 17.1. The molecule has 0 radical (unpaired) electrons. The van der Waals surface area contributed by atoms with Gasteiger partial charge in [-0.15, -0.1) is 0 Å². The fourth-order valence-corrected chi connectivity index (χ4v) is 3.50. The van der Waals surface area contributed by atoms with Gasteiger partial charge in [-0.2, -0.15) is 0 Å².